The van der Waals surface area contributed by atoms with Crippen LogP contribution in [-0.4, -0.2) is 5.97 Å². The molecule has 0 aromatic rings. The summed E-state index contributed by atoms with van der Waals surface area (Å²) in [5, 5.41) is 0. The Morgan fingerprint density at radius 1 is 0.944 bits per heavy atom. The highest BCUT2D eigenvalue weighted by Crippen LogP contribution is 2.49. The van der Waals surface area contributed by atoms with E-state index in [1.807, 2.05) is 0 Å². The van der Waals surface area contributed by atoms with Crippen LogP contribution in [0.4, 0.5) is 0 Å². The minimum atomic E-state index is 0.00308. The van der Waals surface area contributed by atoms with Crippen LogP contribution in [0, 0.1) is 23.7 Å². The number of rotatable bonds is 1. The lowest BCUT2D eigenvalue weighted by atomic mass is 9.66. The predicted molar refractivity (Wildman–Crippen MR) is 70.7 cm³/mol. The highest BCUT2D eigenvalue weighted by Gasteiger charge is 2.48. The molecule has 0 aromatic carbocycles. The maximum atomic E-state index is 11.8. The average molecular weight is 248 g/mol. The van der Waals surface area contributed by atoms with E-state index in [-0.39, 0.29) is 11.9 Å². The van der Waals surface area contributed by atoms with Gasteiger partial charge >= 0.3 is 5.97 Å². The van der Waals surface area contributed by atoms with Crippen LogP contribution in [0.3, 0.4) is 0 Å². The molecule has 18 heavy (non-hydrogen) atoms. The molecule has 0 amide bonds. The van der Waals surface area contributed by atoms with E-state index in [0.29, 0.717) is 11.8 Å². The maximum absolute atomic E-state index is 11.8. The molecule has 1 aliphatic heterocycles. The second-order valence-electron chi connectivity index (χ2n) is 6.37. The van der Waals surface area contributed by atoms with Gasteiger partial charge in [-0.25, -0.2) is 0 Å². The highest BCUT2D eigenvalue weighted by molar-refractivity contribution is 5.77. The molecule has 1 saturated heterocycles. The first-order valence-electron chi connectivity index (χ1n) is 7.68. The molecular formula is C16H24O2. The van der Waals surface area contributed by atoms with Crippen molar-refractivity contribution in [1.29, 1.82) is 0 Å². The van der Waals surface area contributed by atoms with Crippen LogP contribution in [0.25, 0.3) is 0 Å². The van der Waals surface area contributed by atoms with E-state index in [0.717, 1.165) is 18.1 Å². The fourth-order valence-electron chi connectivity index (χ4n) is 4.50. The van der Waals surface area contributed by atoms with Gasteiger partial charge in [-0.15, -0.1) is 0 Å². The van der Waals surface area contributed by atoms with E-state index < -0.39 is 0 Å². The zero-order valence-electron chi connectivity index (χ0n) is 11.2. The van der Waals surface area contributed by atoms with Gasteiger partial charge in [0.1, 0.15) is 5.76 Å². The van der Waals surface area contributed by atoms with Gasteiger partial charge in [-0.1, -0.05) is 51.5 Å². The molecule has 0 spiro atoms. The molecule has 0 bridgehead atoms. The molecule has 1 heterocycles. The van der Waals surface area contributed by atoms with Crippen LogP contribution in [0.5, 0.6) is 0 Å². The summed E-state index contributed by atoms with van der Waals surface area (Å²) in [6, 6.07) is 0. The van der Waals surface area contributed by atoms with E-state index in [4.69, 9.17) is 4.74 Å². The first kappa shape index (κ1) is 12.3. The molecule has 0 aromatic heterocycles. The third-order valence-corrected chi connectivity index (χ3v) is 5.36. The molecule has 2 saturated carbocycles. The van der Waals surface area contributed by atoms with Crippen LogP contribution >= 0.6 is 0 Å². The van der Waals surface area contributed by atoms with Gasteiger partial charge in [0.2, 0.25) is 0 Å². The Bertz CT molecular complexity index is 339. The number of esters is 1. The molecule has 3 fully saturated rings. The van der Waals surface area contributed by atoms with Gasteiger partial charge in [0, 0.05) is 5.92 Å². The normalized spacial score (nSPS) is 38.1. The van der Waals surface area contributed by atoms with E-state index >= 15 is 0 Å². The van der Waals surface area contributed by atoms with Crippen molar-refractivity contribution in [1.82, 2.24) is 0 Å². The second-order valence-corrected chi connectivity index (χ2v) is 6.37. The van der Waals surface area contributed by atoms with Crippen molar-refractivity contribution in [3.8, 4) is 0 Å². The van der Waals surface area contributed by atoms with Crippen molar-refractivity contribution < 1.29 is 9.53 Å². The van der Waals surface area contributed by atoms with E-state index in [1.165, 1.54) is 51.4 Å². The molecule has 0 radical (unpaired) electrons. The summed E-state index contributed by atoms with van der Waals surface area (Å²) in [6.45, 7) is 4.01. The van der Waals surface area contributed by atoms with Crippen molar-refractivity contribution in [2.24, 2.45) is 23.7 Å². The molecule has 2 aliphatic carbocycles. The molecule has 2 nitrogen and oxygen atoms in total. The van der Waals surface area contributed by atoms with Crippen LogP contribution in [0.1, 0.15) is 57.8 Å². The van der Waals surface area contributed by atoms with Crippen molar-refractivity contribution in [2.75, 3.05) is 0 Å². The number of fused-ring (bicyclic) bond motifs is 1. The van der Waals surface area contributed by atoms with Crippen LogP contribution in [0.2, 0.25) is 0 Å². The number of carbonyl (C=O) groups is 1. The second kappa shape index (κ2) is 5.07. The fourth-order valence-corrected chi connectivity index (χ4v) is 4.50. The Morgan fingerprint density at radius 3 is 2.39 bits per heavy atom. The summed E-state index contributed by atoms with van der Waals surface area (Å²) >= 11 is 0. The Hall–Kier alpha value is -0.790. The fraction of sp³-hybridized carbons (Fsp3) is 0.812. The Kier molecular flexibility index (Phi) is 3.45. The number of hydrogen-bond acceptors (Lipinski definition) is 2. The number of ether oxygens (including phenoxy) is 1. The molecule has 100 valence electrons. The summed E-state index contributed by atoms with van der Waals surface area (Å²) in [6.07, 6.45) is 11.8. The van der Waals surface area contributed by atoms with E-state index in [9.17, 15) is 4.79 Å². The lowest BCUT2D eigenvalue weighted by molar-refractivity contribution is -0.139. The van der Waals surface area contributed by atoms with Gasteiger partial charge in [0.05, 0.1) is 5.92 Å². The maximum Gasteiger partial charge on any atom is 0.314 e. The number of hydrogen-bond donors (Lipinski definition) is 0. The molecule has 3 atom stereocenters. The van der Waals surface area contributed by atoms with Crippen molar-refractivity contribution in [2.45, 2.75) is 57.8 Å². The van der Waals surface area contributed by atoms with Crippen molar-refractivity contribution in [3.63, 3.8) is 0 Å². The smallest absolute Gasteiger partial charge is 0.314 e. The molecular weight excluding hydrogens is 224 g/mol. The van der Waals surface area contributed by atoms with Crippen LogP contribution in [-0.2, 0) is 9.53 Å². The van der Waals surface area contributed by atoms with Crippen LogP contribution in [0.15, 0.2) is 12.3 Å². The van der Waals surface area contributed by atoms with Gasteiger partial charge in [0.25, 0.3) is 0 Å². The number of carbonyl (C=O) groups excluding carboxylic acids is 1. The highest BCUT2D eigenvalue weighted by atomic mass is 16.5. The number of allylic oxidation sites excluding steroid dienone is 1. The minimum Gasteiger partial charge on any atom is -0.431 e. The lowest BCUT2D eigenvalue weighted by Crippen LogP contribution is -2.32. The van der Waals surface area contributed by atoms with Crippen molar-refractivity contribution >= 4 is 5.97 Å². The minimum absolute atomic E-state index is 0.00308. The zero-order chi connectivity index (χ0) is 12.5. The van der Waals surface area contributed by atoms with Gasteiger partial charge in [-0.3, -0.25) is 4.79 Å². The van der Waals surface area contributed by atoms with Gasteiger partial charge in [-0.2, -0.15) is 0 Å². The summed E-state index contributed by atoms with van der Waals surface area (Å²) in [4.78, 5) is 11.8. The monoisotopic (exact) mass is 248 g/mol. The summed E-state index contributed by atoms with van der Waals surface area (Å²) in [5.41, 5.74) is 0. The average Bonchev–Trinajstić information content (AvgIpc) is 2.61. The largest absolute Gasteiger partial charge is 0.431 e. The van der Waals surface area contributed by atoms with Gasteiger partial charge < -0.3 is 4.74 Å². The Balaban J connectivity index is 1.77. The summed E-state index contributed by atoms with van der Waals surface area (Å²) < 4.78 is 5.33. The first-order valence-corrected chi connectivity index (χ1v) is 7.68. The standard InChI is InChI=1S/C16H24O2/c1-11-15-13(12-7-4-2-3-5-8-12)9-6-10-14(15)16(17)18-11/h12-15H,1-10H2. The van der Waals surface area contributed by atoms with Crippen LogP contribution < -0.4 is 0 Å². The lowest BCUT2D eigenvalue weighted by Gasteiger charge is -2.36. The van der Waals surface area contributed by atoms with Gasteiger partial charge in [0.15, 0.2) is 0 Å². The zero-order valence-corrected chi connectivity index (χ0v) is 11.2. The van der Waals surface area contributed by atoms with Gasteiger partial charge in [-0.05, 0) is 24.7 Å². The molecule has 3 rings (SSSR count). The molecule has 0 N–H and O–H groups in total. The summed E-state index contributed by atoms with van der Waals surface area (Å²) in [7, 11) is 0. The third-order valence-electron chi connectivity index (χ3n) is 5.36. The Labute approximate surface area is 110 Å². The topological polar surface area (TPSA) is 26.3 Å². The van der Waals surface area contributed by atoms with Crippen molar-refractivity contribution in [3.05, 3.63) is 12.3 Å². The quantitative estimate of drug-likeness (QED) is 0.516. The Morgan fingerprint density at radius 2 is 1.67 bits per heavy atom. The number of cyclic esters (lactones) is 1. The third kappa shape index (κ3) is 2.10. The van der Waals surface area contributed by atoms with E-state index in [2.05, 4.69) is 6.58 Å². The summed E-state index contributed by atoms with van der Waals surface area (Å²) in [5.74, 6) is 2.74. The first-order chi connectivity index (χ1) is 8.77. The SMILES string of the molecule is C=C1OC(=O)C2CCCC(C3CCCCCC3)C12. The molecule has 3 unspecified atom stereocenters. The van der Waals surface area contributed by atoms with E-state index in [1.54, 1.807) is 0 Å². The molecule has 3 aliphatic rings. The molecule has 2 heteroatoms. The predicted octanol–water partition coefficient (Wildman–Crippen LogP) is 4.06.